The van der Waals surface area contributed by atoms with Crippen molar-refractivity contribution < 1.29 is 13.2 Å². The van der Waals surface area contributed by atoms with Crippen LogP contribution >= 0.6 is 34.8 Å². The minimum atomic E-state index is -3.84. The summed E-state index contributed by atoms with van der Waals surface area (Å²) in [4.78, 5) is 11.8. The number of carbonyl (C=O) groups excluding carboxylic acids is 1. The minimum Gasteiger partial charge on any atom is -0.324 e. The average Bonchev–Trinajstić information content (AvgIpc) is 2.49. The fraction of sp³-hybridized carbons (Fsp3) is 0.0714. The number of halogens is 3. The number of benzene rings is 2. The molecule has 0 fully saturated rings. The first-order chi connectivity index (χ1) is 10.8. The molecule has 5 nitrogen and oxygen atoms in total. The zero-order valence-corrected chi connectivity index (χ0v) is 14.6. The summed E-state index contributed by atoms with van der Waals surface area (Å²) >= 11 is 17.5. The van der Waals surface area contributed by atoms with Crippen LogP contribution < -0.4 is 10.0 Å². The van der Waals surface area contributed by atoms with Crippen LogP contribution in [-0.4, -0.2) is 20.9 Å². The normalized spacial score (nSPS) is 11.3. The van der Waals surface area contributed by atoms with Crippen LogP contribution in [0.4, 0.5) is 5.69 Å². The van der Waals surface area contributed by atoms with E-state index in [1.807, 2.05) is 0 Å². The number of carbonyl (C=O) groups is 1. The smallest absolute Gasteiger partial charge is 0.241 e. The molecule has 122 valence electrons. The van der Waals surface area contributed by atoms with E-state index in [-0.39, 0.29) is 9.92 Å². The van der Waals surface area contributed by atoms with E-state index in [1.54, 1.807) is 12.1 Å². The Labute approximate surface area is 148 Å². The van der Waals surface area contributed by atoms with Crippen molar-refractivity contribution in [2.45, 2.75) is 4.90 Å². The second-order valence-corrected chi connectivity index (χ2v) is 7.50. The molecule has 0 saturated carbocycles. The van der Waals surface area contributed by atoms with E-state index in [1.165, 1.54) is 30.3 Å². The lowest BCUT2D eigenvalue weighted by Gasteiger charge is -2.09. The second kappa shape index (κ2) is 7.51. The summed E-state index contributed by atoms with van der Waals surface area (Å²) in [6, 6.07) is 10.3. The number of rotatable bonds is 5. The predicted molar refractivity (Wildman–Crippen MR) is 91.7 cm³/mol. The molecule has 1 amide bonds. The molecular weight excluding hydrogens is 383 g/mol. The Hall–Kier alpha value is -1.31. The van der Waals surface area contributed by atoms with Gasteiger partial charge in [-0.05, 0) is 36.4 Å². The predicted octanol–water partition coefficient (Wildman–Crippen LogP) is 3.56. The Kier molecular flexibility index (Phi) is 5.89. The van der Waals surface area contributed by atoms with Gasteiger partial charge in [-0.25, -0.2) is 13.1 Å². The molecule has 2 N–H and O–H groups in total. The van der Waals surface area contributed by atoms with Gasteiger partial charge in [0.2, 0.25) is 15.9 Å². The largest absolute Gasteiger partial charge is 0.324 e. The summed E-state index contributed by atoms with van der Waals surface area (Å²) in [6.45, 7) is -0.461. The van der Waals surface area contributed by atoms with Gasteiger partial charge in [-0.2, -0.15) is 0 Å². The Morgan fingerprint density at radius 2 is 1.70 bits per heavy atom. The fourth-order valence-electron chi connectivity index (χ4n) is 1.67. The molecular formula is C14H11Cl3N2O3S. The molecule has 0 bridgehead atoms. The lowest BCUT2D eigenvalue weighted by atomic mass is 10.3. The maximum atomic E-state index is 12.1. The fourth-order valence-corrected chi connectivity index (χ4v) is 3.29. The molecule has 2 aromatic carbocycles. The summed E-state index contributed by atoms with van der Waals surface area (Å²) in [5.41, 5.74) is 0.297. The van der Waals surface area contributed by atoms with Gasteiger partial charge in [0.25, 0.3) is 0 Å². The third-order valence-electron chi connectivity index (χ3n) is 2.73. The van der Waals surface area contributed by atoms with Gasteiger partial charge >= 0.3 is 0 Å². The minimum absolute atomic E-state index is 0.0291. The van der Waals surface area contributed by atoms with Crippen LogP contribution in [0.2, 0.25) is 15.1 Å². The molecule has 0 aliphatic heterocycles. The molecule has 23 heavy (non-hydrogen) atoms. The quantitative estimate of drug-likeness (QED) is 0.815. The third-order valence-corrected chi connectivity index (χ3v) is 4.93. The number of sulfonamides is 1. The van der Waals surface area contributed by atoms with E-state index in [4.69, 9.17) is 34.8 Å². The summed E-state index contributed by atoms with van der Waals surface area (Å²) in [5.74, 6) is -0.584. The van der Waals surface area contributed by atoms with E-state index in [0.717, 1.165) is 0 Å². The molecule has 0 unspecified atom stereocenters. The highest BCUT2D eigenvalue weighted by molar-refractivity contribution is 7.89. The molecule has 0 atom stereocenters. The average molecular weight is 394 g/mol. The molecule has 0 aromatic heterocycles. The molecule has 0 spiro atoms. The van der Waals surface area contributed by atoms with Gasteiger partial charge in [0.15, 0.2) is 0 Å². The molecule has 0 heterocycles. The number of nitrogens with one attached hydrogen (secondary N) is 2. The first-order valence-electron chi connectivity index (χ1n) is 6.28. The zero-order chi connectivity index (χ0) is 17.0. The van der Waals surface area contributed by atoms with Gasteiger partial charge in [-0.1, -0.05) is 40.9 Å². The van der Waals surface area contributed by atoms with Crippen LogP contribution in [0.1, 0.15) is 0 Å². The molecule has 0 saturated heterocycles. The van der Waals surface area contributed by atoms with Crippen molar-refractivity contribution in [2.24, 2.45) is 0 Å². The maximum absolute atomic E-state index is 12.1. The summed E-state index contributed by atoms with van der Waals surface area (Å²) in [6.07, 6.45) is 0. The second-order valence-electron chi connectivity index (χ2n) is 4.45. The Balaban J connectivity index is 2.02. The van der Waals surface area contributed by atoms with Gasteiger partial charge in [-0.15, -0.1) is 0 Å². The highest BCUT2D eigenvalue weighted by Crippen LogP contribution is 2.25. The van der Waals surface area contributed by atoms with Gasteiger partial charge < -0.3 is 5.32 Å². The lowest BCUT2D eigenvalue weighted by molar-refractivity contribution is -0.115. The summed E-state index contributed by atoms with van der Waals surface area (Å²) in [5, 5.41) is 3.44. The molecule has 2 rings (SSSR count). The van der Waals surface area contributed by atoms with Crippen LogP contribution in [0.25, 0.3) is 0 Å². The molecule has 0 radical (unpaired) electrons. The topological polar surface area (TPSA) is 75.3 Å². The lowest BCUT2D eigenvalue weighted by Crippen LogP contribution is -2.33. The van der Waals surface area contributed by atoms with Crippen LogP contribution in [-0.2, 0) is 14.8 Å². The molecule has 0 aliphatic rings. The van der Waals surface area contributed by atoms with Gasteiger partial charge in [-0.3, -0.25) is 4.79 Å². The Bertz CT molecular complexity index is 841. The van der Waals surface area contributed by atoms with E-state index in [9.17, 15) is 13.2 Å². The van der Waals surface area contributed by atoms with Gasteiger partial charge in [0.05, 0.1) is 22.2 Å². The van der Waals surface area contributed by atoms with E-state index < -0.39 is 22.5 Å². The van der Waals surface area contributed by atoms with E-state index >= 15 is 0 Å². The van der Waals surface area contributed by atoms with Crippen molar-refractivity contribution in [1.29, 1.82) is 0 Å². The van der Waals surface area contributed by atoms with Crippen molar-refractivity contribution in [3.8, 4) is 0 Å². The van der Waals surface area contributed by atoms with Crippen molar-refractivity contribution in [3.63, 3.8) is 0 Å². The summed E-state index contributed by atoms with van der Waals surface area (Å²) < 4.78 is 26.3. The van der Waals surface area contributed by atoms with E-state index in [0.29, 0.717) is 15.7 Å². The van der Waals surface area contributed by atoms with Crippen molar-refractivity contribution in [3.05, 3.63) is 57.5 Å². The first kappa shape index (κ1) is 18.0. The number of hydrogen-bond donors (Lipinski definition) is 2. The number of anilines is 1. The van der Waals surface area contributed by atoms with Crippen LogP contribution in [0.3, 0.4) is 0 Å². The zero-order valence-electron chi connectivity index (χ0n) is 11.5. The highest BCUT2D eigenvalue weighted by Gasteiger charge is 2.16. The highest BCUT2D eigenvalue weighted by atomic mass is 35.5. The third kappa shape index (κ3) is 5.09. The summed E-state index contributed by atoms with van der Waals surface area (Å²) in [7, 11) is -3.84. The van der Waals surface area contributed by atoms with Crippen molar-refractivity contribution >= 4 is 56.4 Å². The standard InChI is InChI=1S/C14H11Cl3N2O3S/c15-9-2-1-3-11(6-9)23(21,22)18-8-14(20)19-13-7-10(16)4-5-12(13)17/h1-7,18H,8H2,(H,19,20). The molecule has 2 aromatic rings. The first-order valence-corrected chi connectivity index (χ1v) is 8.90. The SMILES string of the molecule is O=C(CNS(=O)(=O)c1cccc(Cl)c1)Nc1cc(Cl)ccc1Cl. The van der Waals surface area contributed by atoms with Gasteiger partial charge in [0, 0.05) is 10.0 Å². The van der Waals surface area contributed by atoms with E-state index in [2.05, 4.69) is 10.0 Å². The molecule has 9 heteroatoms. The van der Waals surface area contributed by atoms with Crippen LogP contribution in [0.15, 0.2) is 47.4 Å². The van der Waals surface area contributed by atoms with Crippen molar-refractivity contribution in [1.82, 2.24) is 4.72 Å². The maximum Gasteiger partial charge on any atom is 0.241 e. The number of amides is 1. The van der Waals surface area contributed by atoms with Crippen LogP contribution in [0, 0.1) is 0 Å². The van der Waals surface area contributed by atoms with Gasteiger partial charge in [0.1, 0.15) is 0 Å². The Morgan fingerprint density at radius 1 is 1.00 bits per heavy atom. The number of hydrogen-bond acceptors (Lipinski definition) is 3. The Morgan fingerprint density at radius 3 is 2.39 bits per heavy atom. The van der Waals surface area contributed by atoms with Crippen LogP contribution in [0.5, 0.6) is 0 Å². The van der Waals surface area contributed by atoms with Crippen molar-refractivity contribution in [2.75, 3.05) is 11.9 Å². The molecule has 0 aliphatic carbocycles. The monoisotopic (exact) mass is 392 g/mol.